The maximum atomic E-state index is 12.0. The molecule has 0 radical (unpaired) electrons. The number of ketones is 1. The van der Waals surface area contributed by atoms with Crippen LogP contribution in [0.1, 0.15) is 53.2 Å². The molecule has 0 saturated carbocycles. The highest BCUT2D eigenvalue weighted by Crippen LogP contribution is 2.39. The third kappa shape index (κ3) is 3.09. The first-order valence-electron chi connectivity index (χ1n) is 7.09. The summed E-state index contributed by atoms with van der Waals surface area (Å²) in [5.41, 5.74) is 2.53. The quantitative estimate of drug-likeness (QED) is 0.458. The van der Waals surface area contributed by atoms with Crippen LogP contribution in [0.3, 0.4) is 0 Å². The number of benzene rings is 1. The van der Waals surface area contributed by atoms with E-state index in [1.807, 2.05) is 6.92 Å². The molecule has 1 aromatic carbocycles. The Morgan fingerprint density at radius 2 is 2.32 bits per heavy atom. The second kappa shape index (κ2) is 7.09. The molecule has 6 heteroatoms. The van der Waals surface area contributed by atoms with Gasteiger partial charge in [-0.25, -0.2) is 0 Å². The molecule has 1 atom stereocenters. The molecule has 5 nitrogen and oxygen atoms in total. The fourth-order valence-corrected chi connectivity index (χ4v) is 3.34. The van der Waals surface area contributed by atoms with Crippen molar-refractivity contribution in [1.82, 2.24) is 5.32 Å². The first kappa shape index (κ1) is 16.7. The SMILES string of the molecule is CCOc1c(C(C)=O)cc(CI)c(C#N)c1C1CNC(=O)C1. The van der Waals surface area contributed by atoms with Gasteiger partial charge in [-0.1, -0.05) is 22.6 Å². The lowest BCUT2D eigenvalue weighted by molar-refractivity contribution is -0.119. The van der Waals surface area contributed by atoms with Crippen molar-refractivity contribution >= 4 is 34.3 Å². The smallest absolute Gasteiger partial charge is 0.220 e. The lowest BCUT2D eigenvalue weighted by atomic mass is 9.87. The van der Waals surface area contributed by atoms with Crippen LogP contribution in [0.2, 0.25) is 0 Å². The van der Waals surface area contributed by atoms with Gasteiger partial charge in [0.1, 0.15) is 5.75 Å². The van der Waals surface area contributed by atoms with Gasteiger partial charge in [0.2, 0.25) is 5.91 Å². The number of amides is 1. The molecular weight excluding hydrogens is 395 g/mol. The number of nitrogens with one attached hydrogen (secondary N) is 1. The number of hydrogen-bond acceptors (Lipinski definition) is 4. The van der Waals surface area contributed by atoms with E-state index in [0.717, 1.165) is 5.56 Å². The summed E-state index contributed by atoms with van der Waals surface area (Å²) in [7, 11) is 0. The van der Waals surface area contributed by atoms with Crippen molar-refractivity contribution in [3.05, 3.63) is 28.3 Å². The molecule has 1 N–H and O–H groups in total. The van der Waals surface area contributed by atoms with Crippen LogP contribution in [0.15, 0.2) is 6.07 Å². The van der Waals surface area contributed by atoms with Gasteiger partial charge in [0.15, 0.2) is 5.78 Å². The summed E-state index contributed by atoms with van der Waals surface area (Å²) < 4.78 is 6.33. The van der Waals surface area contributed by atoms with E-state index in [9.17, 15) is 14.9 Å². The van der Waals surface area contributed by atoms with Crippen molar-refractivity contribution in [3.63, 3.8) is 0 Å². The molecule has 0 aromatic heterocycles. The lowest BCUT2D eigenvalue weighted by Gasteiger charge is -2.20. The first-order chi connectivity index (χ1) is 10.5. The number of rotatable bonds is 5. The predicted molar refractivity (Wildman–Crippen MR) is 90.4 cm³/mol. The molecule has 1 unspecified atom stereocenters. The highest BCUT2D eigenvalue weighted by Gasteiger charge is 2.31. The van der Waals surface area contributed by atoms with E-state index in [-0.39, 0.29) is 17.6 Å². The van der Waals surface area contributed by atoms with Crippen LogP contribution >= 0.6 is 22.6 Å². The van der Waals surface area contributed by atoms with E-state index < -0.39 is 0 Å². The monoisotopic (exact) mass is 412 g/mol. The van der Waals surface area contributed by atoms with E-state index in [1.165, 1.54) is 6.92 Å². The third-order valence-electron chi connectivity index (χ3n) is 3.71. The minimum Gasteiger partial charge on any atom is -0.493 e. The van der Waals surface area contributed by atoms with Crippen molar-refractivity contribution in [3.8, 4) is 11.8 Å². The van der Waals surface area contributed by atoms with Crippen molar-refractivity contribution < 1.29 is 14.3 Å². The molecule has 1 aliphatic heterocycles. The molecule has 22 heavy (non-hydrogen) atoms. The number of halogens is 1. The Hall–Kier alpha value is -1.62. The van der Waals surface area contributed by atoms with E-state index >= 15 is 0 Å². The molecule has 0 aliphatic carbocycles. The zero-order valence-corrected chi connectivity index (χ0v) is 14.7. The molecule has 1 heterocycles. The largest absolute Gasteiger partial charge is 0.493 e. The summed E-state index contributed by atoms with van der Waals surface area (Å²) >= 11 is 2.17. The van der Waals surface area contributed by atoms with Gasteiger partial charge in [-0.2, -0.15) is 5.26 Å². The number of ether oxygens (including phenoxy) is 1. The van der Waals surface area contributed by atoms with Crippen LogP contribution in [0.25, 0.3) is 0 Å². The zero-order chi connectivity index (χ0) is 16.3. The van der Waals surface area contributed by atoms with Crippen molar-refractivity contribution in [2.45, 2.75) is 30.6 Å². The van der Waals surface area contributed by atoms with Gasteiger partial charge in [-0.3, -0.25) is 9.59 Å². The minimum absolute atomic E-state index is 0.0411. The fraction of sp³-hybridized carbons (Fsp3) is 0.438. The number of Topliss-reactive ketones (excluding diaryl/α,β-unsaturated/α-hetero) is 1. The van der Waals surface area contributed by atoms with Gasteiger partial charge in [-0.05, 0) is 25.5 Å². The van der Waals surface area contributed by atoms with Gasteiger partial charge >= 0.3 is 0 Å². The predicted octanol–water partition coefficient (Wildman–Crippen LogP) is 2.70. The summed E-state index contributed by atoms with van der Waals surface area (Å²) in [6, 6.07) is 3.98. The Morgan fingerprint density at radius 1 is 1.59 bits per heavy atom. The molecular formula is C16H17IN2O3. The highest BCUT2D eigenvalue weighted by atomic mass is 127. The van der Waals surface area contributed by atoms with E-state index in [4.69, 9.17) is 4.74 Å². The van der Waals surface area contributed by atoms with E-state index in [0.29, 0.717) is 46.4 Å². The normalized spacial score (nSPS) is 17.0. The summed E-state index contributed by atoms with van der Waals surface area (Å²) in [6.45, 7) is 4.19. The van der Waals surface area contributed by atoms with Crippen LogP contribution in [-0.2, 0) is 9.22 Å². The lowest BCUT2D eigenvalue weighted by Crippen LogP contribution is -2.15. The highest BCUT2D eigenvalue weighted by molar-refractivity contribution is 14.1. The van der Waals surface area contributed by atoms with Crippen LogP contribution in [-0.4, -0.2) is 24.8 Å². The molecule has 0 spiro atoms. The second-order valence-corrected chi connectivity index (χ2v) is 5.90. The number of alkyl halides is 1. The van der Waals surface area contributed by atoms with Crippen molar-refractivity contribution in [2.24, 2.45) is 0 Å². The van der Waals surface area contributed by atoms with Crippen LogP contribution < -0.4 is 10.1 Å². The maximum absolute atomic E-state index is 12.0. The maximum Gasteiger partial charge on any atom is 0.220 e. The molecule has 1 aliphatic rings. The fourth-order valence-electron chi connectivity index (χ4n) is 2.74. The molecule has 1 fully saturated rings. The molecule has 1 saturated heterocycles. The molecule has 2 rings (SSSR count). The summed E-state index contributed by atoms with van der Waals surface area (Å²) in [5, 5.41) is 12.4. The first-order valence-corrected chi connectivity index (χ1v) is 8.62. The van der Waals surface area contributed by atoms with Gasteiger partial charge in [0.25, 0.3) is 0 Å². The van der Waals surface area contributed by atoms with Crippen LogP contribution in [0.4, 0.5) is 0 Å². The van der Waals surface area contributed by atoms with Gasteiger partial charge in [0.05, 0.1) is 23.8 Å². The molecule has 1 aromatic rings. The van der Waals surface area contributed by atoms with Gasteiger partial charge in [-0.15, -0.1) is 0 Å². The number of nitrogens with zero attached hydrogens (tertiary/aromatic N) is 1. The van der Waals surface area contributed by atoms with E-state index in [1.54, 1.807) is 6.07 Å². The summed E-state index contributed by atoms with van der Waals surface area (Å²) in [6.07, 6.45) is 0.316. The van der Waals surface area contributed by atoms with Crippen molar-refractivity contribution in [2.75, 3.05) is 13.2 Å². The van der Waals surface area contributed by atoms with Gasteiger partial charge < -0.3 is 10.1 Å². The molecule has 1 amide bonds. The number of carbonyl (C=O) groups excluding carboxylic acids is 2. The number of nitriles is 1. The summed E-state index contributed by atoms with van der Waals surface area (Å²) in [4.78, 5) is 23.6. The summed E-state index contributed by atoms with van der Waals surface area (Å²) in [5.74, 6) is 0.185. The Morgan fingerprint density at radius 3 is 2.77 bits per heavy atom. The van der Waals surface area contributed by atoms with Gasteiger partial charge in [0, 0.05) is 28.9 Å². The van der Waals surface area contributed by atoms with E-state index in [2.05, 4.69) is 34.0 Å². The molecule has 116 valence electrons. The topological polar surface area (TPSA) is 79.2 Å². The average molecular weight is 412 g/mol. The third-order valence-corrected chi connectivity index (χ3v) is 4.53. The number of carbonyl (C=O) groups is 2. The van der Waals surface area contributed by atoms with Crippen molar-refractivity contribution in [1.29, 1.82) is 5.26 Å². The van der Waals surface area contributed by atoms with Crippen LogP contribution in [0, 0.1) is 11.3 Å². The minimum atomic E-state index is -0.135. The Balaban J connectivity index is 2.74. The standard InChI is InChI=1S/C16H17IN2O3/c1-3-22-16-12(9(2)20)4-10(6-17)13(7-18)15(16)11-5-14(21)19-8-11/h4,11H,3,5-6,8H2,1-2H3,(H,19,21). The zero-order valence-electron chi connectivity index (χ0n) is 12.5. The number of hydrogen-bond donors (Lipinski definition) is 1. The average Bonchev–Trinajstić information content (AvgIpc) is 2.92. The Labute approximate surface area is 143 Å². The second-order valence-electron chi connectivity index (χ2n) is 5.14. The Bertz CT molecular complexity index is 664. The Kier molecular flexibility index (Phi) is 5.40. The molecule has 0 bridgehead atoms. The van der Waals surface area contributed by atoms with Crippen LogP contribution in [0.5, 0.6) is 5.75 Å².